The number of phenolic OH excluding ortho intramolecular Hbond substituents is 1. The maximum atomic E-state index is 11.6. The number of carbonyl (C=O) groups is 1. The summed E-state index contributed by atoms with van der Waals surface area (Å²) in [6, 6.07) is 13.3. The van der Waals surface area contributed by atoms with Crippen LogP contribution in [-0.4, -0.2) is 34.1 Å². The maximum absolute atomic E-state index is 11.6. The van der Waals surface area contributed by atoms with Crippen molar-refractivity contribution in [1.82, 2.24) is 5.32 Å². The van der Waals surface area contributed by atoms with Crippen LogP contribution in [0.4, 0.5) is 10.5 Å². The fourth-order valence-corrected chi connectivity index (χ4v) is 2.04. The van der Waals surface area contributed by atoms with Crippen molar-refractivity contribution in [2.24, 2.45) is 0 Å². The summed E-state index contributed by atoms with van der Waals surface area (Å²) in [5.74, 6) is -0.186. The highest BCUT2D eigenvalue weighted by atomic mass is 16.5. The van der Waals surface area contributed by atoms with Crippen molar-refractivity contribution in [3.8, 4) is 5.75 Å². The third-order valence-corrected chi connectivity index (χ3v) is 3.43. The molecule has 24 heavy (non-hydrogen) atoms. The Hall–Kier alpha value is -2.77. The van der Waals surface area contributed by atoms with Crippen molar-refractivity contribution in [2.75, 3.05) is 12.3 Å². The number of nitrogens with one attached hydrogen (secondary N) is 1. The molecule has 0 aliphatic heterocycles. The molecule has 0 heterocycles. The van der Waals surface area contributed by atoms with Gasteiger partial charge in [0.25, 0.3) is 0 Å². The van der Waals surface area contributed by atoms with Gasteiger partial charge in [-0.05, 0) is 23.3 Å². The first-order valence-electron chi connectivity index (χ1n) is 7.36. The van der Waals surface area contributed by atoms with E-state index in [2.05, 4.69) is 5.32 Å². The van der Waals surface area contributed by atoms with Gasteiger partial charge >= 0.3 is 6.09 Å². The van der Waals surface area contributed by atoms with Gasteiger partial charge in [-0.3, -0.25) is 0 Å². The maximum Gasteiger partial charge on any atom is 0.407 e. The first kappa shape index (κ1) is 17.6. The number of rotatable bonds is 6. The average Bonchev–Trinajstić information content (AvgIpc) is 2.60. The van der Waals surface area contributed by atoms with Crippen LogP contribution in [0.2, 0.25) is 0 Å². The van der Waals surface area contributed by atoms with Crippen molar-refractivity contribution in [1.29, 1.82) is 0 Å². The number of hydrogen-bond acceptors (Lipinski definition) is 6. The Kier molecular flexibility index (Phi) is 6.00. The third-order valence-electron chi connectivity index (χ3n) is 3.43. The molecule has 2 unspecified atom stereocenters. The van der Waals surface area contributed by atoms with E-state index in [-0.39, 0.29) is 30.2 Å². The number of aromatic hydroxyl groups is 1. The Morgan fingerprint density at radius 2 is 1.88 bits per heavy atom. The summed E-state index contributed by atoms with van der Waals surface area (Å²) in [6.45, 7) is -0.100. The lowest BCUT2D eigenvalue weighted by Gasteiger charge is -2.19. The highest BCUT2D eigenvalue weighted by Gasteiger charge is 2.20. The number of nitrogens with two attached hydrogens (primary N) is 1. The topological polar surface area (TPSA) is 125 Å². The summed E-state index contributed by atoms with van der Waals surface area (Å²) in [5.41, 5.74) is 6.77. The summed E-state index contributed by atoms with van der Waals surface area (Å²) in [4.78, 5) is 11.6. The summed E-state index contributed by atoms with van der Waals surface area (Å²) in [7, 11) is 0. The van der Waals surface area contributed by atoms with Gasteiger partial charge in [-0.25, -0.2) is 4.79 Å². The molecule has 1 amide bonds. The fourth-order valence-electron chi connectivity index (χ4n) is 2.04. The Labute approximate surface area is 139 Å². The van der Waals surface area contributed by atoms with E-state index in [1.165, 1.54) is 18.2 Å². The molecule has 2 atom stereocenters. The largest absolute Gasteiger partial charge is 0.506 e. The lowest BCUT2D eigenvalue weighted by molar-refractivity contribution is 0.0183. The van der Waals surface area contributed by atoms with Crippen molar-refractivity contribution in [3.63, 3.8) is 0 Å². The number of phenols is 1. The predicted octanol–water partition coefficient (Wildman–Crippen LogP) is 1.30. The van der Waals surface area contributed by atoms with Crippen LogP contribution in [0.25, 0.3) is 0 Å². The Morgan fingerprint density at radius 3 is 2.54 bits per heavy atom. The number of nitrogen functional groups attached to an aromatic ring is 1. The lowest BCUT2D eigenvalue weighted by atomic mass is 10.0. The quantitative estimate of drug-likeness (QED) is 0.401. The molecule has 0 saturated heterocycles. The molecule has 0 saturated carbocycles. The van der Waals surface area contributed by atoms with E-state index in [0.29, 0.717) is 0 Å². The van der Waals surface area contributed by atoms with Crippen LogP contribution in [-0.2, 0) is 11.3 Å². The number of ether oxygens (including phenoxy) is 1. The van der Waals surface area contributed by atoms with Crippen LogP contribution < -0.4 is 11.1 Å². The summed E-state index contributed by atoms with van der Waals surface area (Å²) < 4.78 is 5.00. The third kappa shape index (κ3) is 4.87. The zero-order valence-corrected chi connectivity index (χ0v) is 12.9. The predicted molar refractivity (Wildman–Crippen MR) is 88.1 cm³/mol. The van der Waals surface area contributed by atoms with E-state index in [4.69, 9.17) is 10.5 Å². The summed E-state index contributed by atoms with van der Waals surface area (Å²) in [5, 5.41) is 31.9. The van der Waals surface area contributed by atoms with Crippen molar-refractivity contribution in [3.05, 3.63) is 59.7 Å². The SMILES string of the molecule is Nc1ccc(C(O)C(O)CNC(=O)OCc2ccccc2)cc1O. The highest BCUT2D eigenvalue weighted by molar-refractivity contribution is 5.67. The molecule has 0 aromatic heterocycles. The first-order valence-corrected chi connectivity index (χ1v) is 7.36. The van der Waals surface area contributed by atoms with Crippen molar-refractivity contribution in [2.45, 2.75) is 18.8 Å². The number of benzene rings is 2. The van der Waals surface area contributed by atoms with Gasteiger partial charge < -0.3 is 31.1 Å². The second kappa shape index (κ2) is 8.19. The number of anilines is 1. The monoisotopic (exact) mass is 332 g/mol. The van der Waals surface area contributed by atoms with Gasteiger partial charge in [0, 0.05) is 6.54 Å². The minimum atomic E-state index is -1.29. The summed E-state index contributed by atoms with van der Waals surface area (Å²) in [6.07, 6.45) is -3.26. The molecule has 0 aliphatic carbocycles. The highest BCUT2D eigenvalue weighted by Crippen LogP contribution is 2.25. The normalized spacial score (nSPS) is 13.1. The Morgan fingerprint density at radius 1 is 1.17 bits per heavy atom. The van der Waals surface area contributed by atoms with Crippen LogP contribution in [0, 0.1) is 0 Å². The van der Waals surface area contributed by atoms with Crippen LogP contribution in [0.1, 0.15) is 17.2 Å². The number of amides is 1. The molecule has 128 valence electrons. The first-order chi connectivity index (χ1) is 11.5. The van der Waals surface area contributed by atoms with Gasteiger partial charge in [-0.15, -0.1) is 0 Å². The van der Waals surface area contributed by atoms with Gasteiger partial charge in [0.15, 0.2) is 0 Å². The van der Waals surface area contributed by atoms with E-state index in [1.807, 2.05) is 30.3 Å². The van der Waals surface area contributed by atoms with E-state index in [0.717, 1.165) is 5.56 Å². The van der Waals surface area contributed by atoms with Crippen LogP contribution >= 0.6 is 0 Å². The van der Waals surface area contributed by atoms with Crippen LogP contribution in [0.15, 0.2) is 48.5 Å². The number of hydrogen-bond donors (Lipinski definition) is 5. The second-order valence-corrected chi connectivity index (χ2v) is 5.27. The van der Waals surface area contributed by atoms with E-state index < -0.39 is 18.3 Å². The molecule has 0 aliphatic rings. The minimum absolute atomic E-state index is 0.108. The fraction of sp³-hybridized carbons (Fsp3) is 0.235. The van der Waals surface area contributed by atoms with Gasteiger partial charge in [-0.1, -0.05) is 36.4 Å². The van der Waals surface area contributed by atoms with E-state index >= 15 is 0 Å². The number of aliphatic hydroxyl groups excluding tert-OH is 2. The van der Waals surface area contributed by atoms with Crippen molar-refractivity contribution >= 4 is 11.8 Å². The number of carbonyl (C=O) groups excluding carboxylic acids is 1. The van der Waals surface area contributed by atoms with Gasteiger partial charge in [0.1, 0.15) is 24.6 Å². The molecule has 7 nitrogen and oxygen atoms in total. The zero-order valence-electron chi connectivity index (χ0n) is 12.9. The van der Waals surface area contributed by atoms with Crippen LogP contribution in [0.5, 0.6) is 5.75 Å². The second-order valence-electron chi connectivity index (χ2n) is 5.27. The molecule has 7 heteroatoms. The molecular formula is C17H20N2O5. The molecule has 2 rings (SSSR count). The zero-order chi connectivity index (χ0) is 17.5. The molecule has 6 N–H and O–H groups in total. The molecule has 2 aromatic rings. The molecule has 0 fully saturated rings. The van der Waals surface area contributed by atoms with Crippen molar-refractivity contribution < 1.29 is 24.9 Å². The van der Waals surface area contributed by atoms with Gasteiger partial charge in [-0.2, -0.15) is 0 Å². The van der Waals surface area contributed by atoms with E-state index in [9.17, 15) is 20.1 Å². The van der Waals surface area contributed by atoms with E-state index in [1.54, 1.807) is 0 Å². The standard InChI is InChI=1S/C17H20N2O5/c18-13-7-6-12(8-14(13)20)16(22)15(21)9-19-17(23)24-10-11-4-2-1-3-5-11/h1-8,15-16,20-22H,9-10,18H2,(H,19,23). The minimum Gasteiger partial charge on any atom is -0.506 e. The summed E-state index contributed by atoms with van der Waals surface area (Å²) >= 11 is 0. The molecule has 2 aromatic carbocycles. The Balaban J connectivity index is 1.80. The molecule has 0 spiro atoms. The number of aliphatic hydroxyl groups is 2. The Bertz CT molecular complexity index is 678. The van der Waals surface area contributed by atoms with Gasteiger partial charge in [0.2, 0.25) is 0 Å². The van der Waals surface area contributed by atoms with Gasteiger partial charge in [0.05, 0.1) is 5.69 Å². The lowest BCUT2D eigenvalue weighted by Crippen LogP contribution is -2.35. The van der Waals surface area contributed by atoms with Crippen LogP contribution in [0.3, 0.4) is 0 Å². The molecule has 0 radical (unpaired) electrons. The molecule has 0 bridgehead atoms. The number of alkyl carbamates (subject to hydrolysis) is 1. The molecular weight excluding hydrogens is 312 g/mol. The average molecular weight is 332 g/mol. The smallest absolute Gasteiger partial charge is 0.407 e.